The Morgan fingerprint density at radius 1 is 1.10 bits per heavy atom. The van der Waals surface area contributed by atoms with Crippen LogP contribution in [0.25, 0.3) is 0 Å². The smallest absolute Gasteiger partial charge is 0.212 e. The third-order valence-electron chi connectivity index (χ3n) is 5.23. The summed E-state index contributed by atoms with van der Waals surface area (Å²) in [6.07, 6.45) is 4.28. The lowest BCUT2D eigenvalue weighted by Crippen LogP contribution is -2.42. The minimum Gasteiger partial charge on any atom is -0.496 e. The molecule has 0 spiro atoms. The Labute approximate surface area is 173 Å². The van der Waals surface area contributed by atoms with E-state index >= 15 is 0 Å². The summed E-state index contributed by atoms with van der Waals surface area (Å²) >= 11 is 0. The van der Waals surface area contributed by atoms with Gasteiger partial charge in [0.1, 0.15) is 5.75 Å². The molecular weight excluding hydrogens is 366 g/mol. The zero-order chi connectivity index (χ0) is 20.5. The molecule has 1 unspecified atom stereocenters. The number of methoxy groups -OCH3 is 2. The molecule has 156 valence electrons. The second-order valence-electron chi connectivity index (χ2n) is 7.02. The molecule has 0 amide bonds. The van der Waals surface area contributed by atoms with E-state index in [1.54, 1.807) is 27.5 Å². The molecule has 2 heterocycles. The van der Waals surface area contributed by atoms with E-state index in [4.69, 9.17) is 9.47 Å². The molecule has 0 aliphatic carbocycles. The summed E-state index contributed by atoms with van der Waals surface area (Å²) in [6.45, 7) is 3.60. The van der Waals surface area contributed by atoms with Gasteiger partial charge in [-0.2, -0.15) is 0 Å². The number of aliphatic imine (C=N–C) groups is 1. The summed E-state index contributed by atoms with van der Waals surface area (Å²) in [5.74, 6) is 2.31. The molecule has 2 aromatic rings. The summed E-state index contributed by atoms with van der Waals surface area (Å²) in [6, 6.07) is 12.4. The van der Waals surface area contributed by atoms with Crippen molar-refractivity contribution in [3.63, 3.8) is 0 Å². The molecule has 1 aromatic carbocycles. The van der Waals surface area contributed by atoms with Gasteiger partial charge in [0.15, 0.2) is 5.96 Å². The minimum absolute atomic E-state index is 0.231. The maximum atomic E-state index is 5.63. The minimum atomic E-state index is 0.231. The molecule has 7 heteroatoms. The van der Waals surface area contributed by atoms with E-state index in [1.807, 2.05) is 24.3 Å². The van der Waals surface area contributed by atoms with Crippen LogP contribution in [0.2, 0.25) is 0 Å². The Kier molecular flexibility index (Phi) is 7.69. The number of nitrogens with one attached hydrogen (secondary N) is 2. The molecule has 0 radical (unpaired) electrons. The highest BCUT2D eigenvalue weighted by atomic mass is 16.5. The number of benzene rings is 1. The Morgan fingerprint density at radius 2 is 1.90 bits per heavy atom. The lowest BCUT2D eigenvalue weighted by Gasteiger charge is -2.30. The molecule has 1 aliphatic rings. The summed E-state index contributed by atoms with van der Waals surface area (Å²) < 4.78 is 10.7. The van der Waals surface area contributed by atoms with Gasteiger partial charge in [0.25, 0.3) is 0 Å². The van der Waals surface area contributed by atoms with Crippen molar-refractivity contribution < 1.29 is 9.47 Å². The van der Waals surface area contributed by atoms with Crippen LogP contribution in [0, 0.1) is 0 Å². The van der Waals surface area contributed by atoms with Crippen molar-refractivity contribution in [3.05, 3.63) is 53.7 Å². The van der Waals surface area contributed by atoms with Crippen molar-refractivity contribution in [2.75, 3.05) is 40.9 Å². The van der Waals surface area contributed by atoms with Crippen molar-refractivity contribution in [1.82, 2.24) is 20.5 Å². The molecule has 1 fully saturated rings. The molecule has 0 saturated carbocycles. The first-order valence-corrected chi connectivity index (χ1v) is 10.1. The van der Waals surface area contributed by atoms with Crippen LogP contribution in [-0.4, -0.2) is 56.7 Å². The van der Waals surface area contributed by atoms with Gasteiger partial charge in [0.05, 0.1) is 20.3 Å². The third-order valence-corrected chi connectivity index (χ3v) is 5.23. The van der Waals surface area contributed by atoms with Gasteiger partial charge in [-0.1, -0.05) is 24.3 Å². The fourth-order valence-corrected chi connectivity index (χ4v) is 3.67. The second-order valence-corrected chi connectivity index (χ2v) is 7.02. The number of aromatic nitrogens is 1. The van der Waals surface area contributed by atoms with Crippen molar-refractivity contribution >= 4 is 5.96 Å². The lowest BCUT2D eigenvalue weighted by atomic mass is 10.0. The average Bonchev–Trinajstić information content (AvgIpc) is 3.31. The molecule has 1 aliphatic heterocycles. The Hall–Kier alpha value is -2.80. The van der Waals surface area contributed by atoms with Gasteiger partial charge in [0.2, 0.25) is 5.88 Å². The molecule has 1 aromatic heterocycles. The van der Waals surface area contributed by atoms with Crippen molar-refractivity contribution in [2.45, 2.75) is 25.4 Å². The summed E-state index contributed by atoms with van der Waals surface area (Å²) in [4.78, 5) is 11.1. The van der Waals surface area contributed by atoms with Crippen LogP contribution in [0.15, 0.2) is 47.6 Å². The Morgan fingerprint density at radius 3 is 2.55 bits per heavy atom. The van der Waals surface area contributed by atoms with Gasteiger partial charge in [-0.15, -0.1) is 0 Å². The van der Waals surface area contributed by atoms with Crippen LogP contribution in [0.1, 0.15) is 30.0 Å². The standard InChI is InChI=1S/C22H31N5O2/c1-23-22(25-15-17-10-11-21(29-3)24-14-17)26-16-19(27-12-6-7-13-27)18-8-4-5-9-20(18)28-2/h4-5,8-11,14,19H,6-7,12-13,15-16H2,1-3H3,(H2,23,25,26). The second kappa shape index (κ2) is 10.7. The zero-order valence-electron chi connectivity index (χ0n) is 17.5. The fraction of sp³-hybridized carbons (Fsp3) is 0.455. The normalized spacial score (nSPS) is 15.8. The highest BCUT2D eigenvalue weighted by Gasteiger charge is 2.26. The van der Waals surface area contributed by atoms with Crippen LogP contribution in [0.5, 0.6) is 11.6 Å². The summed E-state index contributed by atoms with van der Waals surface area (Å²) in [5, 5.41) is 6.84. The van der Waals surface area contributed by atoms with E-state index in [1.165, 1.54) is 18.4 Å². The first-order chi connectivity index (χ1) is 14.2. The molecule has 7 nitrogen and oxygen atoms in total. The molecule has 0 bridgehead atoms. The molecule has 29 heavy (non-hydrogen) atoms. The number of guanidine groups is 1. The molecular formula is C22H31N5O2. The Balaban J connectivity index is 1.63. The average molecular weight is 398 g/mol. The van der Waals surface area contributed by atoms with Crippen molar-refractivity contribution in [2.24, 2.45) is 4.99 Å². The monoisotopic (exact) mass is 397 g/mol. The van der Waals surface area contributed by atoms with E-state index in [0.29, 0.717) is 12.4 Å². The summed E-state index contributed by atoms with van der Waals surface area (Å²) in [7, 11) is 5.14. The van der Waals surface area contributed by atoms with Gasteiger partial charge in [0, 0.05) is 38.0 Å². The van der Waals surface area contributed by atoms with Gasteiger partial charge in [-0.3, -0.25) is 9.89 Å². The van der Waals surface area contributed by atoms with Gasteiger partial charge < -0.3 is 20.1 Å². The Bertz CT molecular complexity index is 788. The first-order valence-electron chi connectivity index (χ1n) is 10.1. The molecule has 1 atom stereocenters. The maximum Gasteiger partial charge on any atom is 0.212 e. The predicted octanol–water partition coefficient (Wildman–Crippen LogP) is 2.60. The number of para-hydroxylation sites is 1. The van der Waals surface area contributed by atoms with Crippen molar-refractivity contribution in [1.29, 1.82) is 0 Å². The highest BCUT2D eigenvalue weighted by Crippen LogP contribution is 2.31. The SMILES string of the molecule is CN=C(NCc1ccc(OC)nc1)NCC(c1ccccc1OC)N1CCCC1. The largest absolute Gasteiger partial charge is 0.496 e. The highest BCUT2D eigenvalue weighted by molar-refractivity contribution is 5.79. The van der Waals surface area contributed by atoms with Gasteiger partial charge in [-0.25, -0.2) is 4.98 Å². The predicted molar refractivity (Wildman–Crippen MR) is 116 cm³/mol. The lowest BCUT2D eigenvalue weighted by molar-refractivity contribution is 0.239. The number of hydrogen-bond donors (Lipinski definition) is 2. The summed E-state index contributed by atoms with van der Waals surface area (Å²) in [5.41, 5.74) is 2.27. The van der Waals surface area contributed by atoms with E-state index in [-0.39, 0.29) is 6.04 Å². The first kappa shape index (κ1) is 20.9. The van der Waals surface area contributed by atoms with Crippen LogP contribution in [-0.2, 0) is 6.54 Å². The topological polar surface area (TPSA) is 71.0 Å². The number of likely N-dealkylation sites (tertiary alicyclic amines) is 1. The maximum absolute atomic E-state index is 5.63. The van der Waals surface area contributed by atoms with Crippen LogP contribution < -0.4 is 20.1 Å². The van der Waals surface area contributed by atoms with Gasteiger partial charge in [-0.05, 0) is 37.6 Å². The number of ether oxygens (including phenoxy) is 2. The van der Waals surface area contributed by atoms with E-state index in [9.17, 15) is 0 Å². The number of nitrogens with zero attached hydrogens (tertiary/aromatic N) is 3. The fourth-order valence-electron chi connectivity index (χ4n) is 3.67. The van der Waals surface area contributed by atoms with Crippen LogP contribution >= 0.6 is 0 Å². The quantitative estimate of drug-likeness (QED) is 0.527. The number of rotatable bonds is 8. The number of hydrogen-bond acceptors (Lipinski definition) is 5. The van der Waals surface area contributed by atoms with Crippen molar-refractivity contribution in [3.8, 4) is 11.6 Å². The van der Waals surface area contributed by atoms with E-state index < -0.39 is 0 Å². The molecule has 3 rings (SSSR count). The van der Waals surface area contributed by atoms with Crippen LogP contribution in [0.3, 0.4) is 0 Å². The number of pyridine rings is 1. The van der Waals surface area contributed by atoms with Crippen LogP contribution in [0.4, 0.5) is 0 Å². The molecule has 2 N–H and O–H groups in total. The molecule has 1 saturated heterocycles. The zero-order valence-corrected chi connectivity index (χ0v) is 17.5. The third kappa shape index (κ3) is 5.60. The van der Waals surface area contributed by atoms with Gasteiger partial charge >= 0.3 is 0 Å². The van der Waals surface area contributed by atoms with E-state index in [0.717, 1.165) is 36.9 Å². The van der Waals surface area contributed by atoms with E-state index in [2.05, 4.69) is 37.6 Å².